The maximum Gasteiger partial charge on any atom is 0.258 e. The summed E-state index contributed by atoms with van der Waals surface area (Å²) in [5.74, 6) is 1.07. The summed E-state index contributed by atoms with van der Waals surface area (Å²) < 4.78 is 6.23. The molecular formula is C12H14BrN3O. The van der Waals surface area contributed by atoms with E-state index in [1.807, 2.05) is 32.0 Å². The number of hydrogen-bond donors (Lipinski definition) is 1. The van der Waals surface area contributed by atoms with E-state index in [1.54, 1.807) is 0 Å². The molecule has 0 aliphatic rings. The second-order valence-electron chi connectivity index (χ2n) is 3.93. The van der Waals surface area contributed by atoms with Crippen LogP contribution in [0.15, 0.2) is 27.2 Å². The summed E-state index contributed by atoms with van der Waals surface area (Å²) in [5.41, 5.74) is 7.88. The predicted molar refractivity (Wildman–Crippen MR) is 69.4 cm³/mol. The van der Waals surface area contributed by atoms with Crippen LogP contribution in [0.2, 0.25) is 0 Å². The van der Waals surface area contributed by atoms with E-state index in [2.05, 4.69) is 26.1 Å². The smallest absolute Gasteiger partial charge is 0.258 e. The van der Waals surface area contributed by atoms with Crippen molar-refractivity contribution in [3.05, 3.63) is 34.1 Å². The Morgan fingerprint density at radius 1 is 1.47 bits per heavy atom. The van der Waals surface area contributed by atoms with Gasteiger partial charge in [0.1, 0.15) is 0 Å². The molecule has 0 fully saturated rings. The molecule has 0 radical (unpaired) electrons. The molecule has 90 valence electrons. The molecule has 1 aromatic carbocycles. The Morgan fingerprint density at radius 3 is 2.94 bits per heavy atom. The average molecular weight is 296 g/mol. The van der Waals surface area contributed by atoms with Gasteiger partial charge in [0, 0.05) is 10.0 Å². The number of benzene rings is 1. The van der Waals surface area contributed by atoms with Crippen LogP contribution in [0.25, 0.3) is 11.5 Å². The van der Waals surface area contributed by atoms with Crippen LogP contribution in [0, 0.1) is 6.92 Å². The van der Waals surface area contributed by atoms with Gasteiger partial charge < -0.3 is 10.3 Å². The minimum Gasteiger partial charge on any atom is -0.334 e. The standard InChI is InChI=1S/C12H14BrN3O/c1-3-10(14)11-15-12(17-16-11)9-6-8(13)5-4-7(9)2/h4-6,10H,3,14H2,1-2H3. The Hall–Kier alpha value is -1.20. The zero-order valence-electron chi connectivity index (χ0n) is 9.77. The summed E-state index contributed by atoms with van der Waals surface area (Å²) in [6, 6.07) is 5.78. The van der Waals surface area contributed by atoms with Gasteiger partial charge in [-0.05, 0) is 31.0 Å². The number of aromatic nitrogens is 2. The van der Waals surface area contributed by atoms with Crippen LogP contribution in [-0.4, -0.2) is 10.1 Å². The molecule has 0 aliphatic heterocycles. The first kappa shape index (κ1) is 12.3. The van der Waals surface area contributed by atoms with E-state index in [4.69, 9.17) is 10.3 Å². The number of nitrogens with two attached hydrogens (primary N) is 1. The second-order valence-corrected chi connectivity index (χ2v) is 4.85. The highest BCUT2D eigenvalue weighted by Crippen LogP contribution is 2.26. The van der Waals surface area contributed by atoms with E-state index in [0.29, 0.717) is 11.7 Å². The Balaban J connectivity index is 2.40. The van der Waals surface area contributed by atoms with Gasteiger partial charge in [-0.3, -0.25) is 0 Å². The van der Waals surface area contributed by atoms with Gasteiger partial charge in [-0.2, -0.15) is 4.98 Å². The van der Waals surface area contributed by atoms with Crippen molar-refractivity contribution in [1.29, 1.82) is 0 Å². The lowest BCUT2D eigenvalue weighted by molar-refractivity contribution is 0.415. The quantitative estimate of drug-likeness (QED) is 0.944. The monoisotopic (exact) mass is 295 g/mol. The van der Waals surface area contributed by atoms with Crippen molar-refractivity contribution in [3.63, 3.8) is 0 Å². The predicted octanol–water partition coefficient (Wildman–Crippen LogP) is 3.22. The highest BCUT2D eigenvalue weighted by atomic mass is 79.9. The second kappa shape index (κ2) is 4.98. The van der Waals surface area contributed by atoms with Crippen LogP contribution in [0.3, 0.4) is 0 Å². The zero-order valence-corrected chi connectivity index (χ0v) is 11.4. The minimum atomic E-state index is -0.167. The van der Waals surface area contributed by atoms with E-state index in [0.717, 1.165) is 22.0 Å². The van der Waals surface area contributed by atoms with Gasteiger partial charge in [-0.15, -0.1) is 0 Å². The molecular weight excluding hydrogens is 282 g/mol. The molecule has 0 aliphatic carbocycles. The van der Waals surface area contributed by atoms with Crippen LogP contribution in [0.1, 0.15) is 30.8 Å². The number of nitrogens with zero attached hydrogens (tertiary/aromatic N) is 2. The summed E-state index contributed by atoms with van der Waals surface area (Å²) >= 11 is 3.43. The van der Waals surface area contributed by atoms with Gasteiger partial charge in [0.25, 0.3) is 5.89 Å². The Kier molecular flexibility index (Phi) is 3.59. The zero-order chi connectivity index (χ0) is 12.4. The third-order valence-corrected chi connectivity index (χ3v) is 3.14. The normalized spacial score (nSPS) is 12.7. The fraction of sp³-hybridized carbons (Fsp3) is 0.333. The molecule has 2 N–H and O–H groups in total. The van der Waals surface area contributed by atoms with Gasteiger partial charge in [0.05, 0.1) is 6.04 Å². The van der Waals surface area contributed by atoms with Crippen molar-refractivity contribution >= 4 is 15.9 Å². The molecule has 0 saturated carbocycles. The molecule has 2 rings (SSSR count). The van der Waals surface area contributed by atoms with E-state index in [9.17, 15) is 0 Å². The number of hydrogen-bond acceptors (Lipinski definition) is 4. The summed E-state index contributed by atoms with van der Waals surface area (Å²) in [5, 5.41) is 3.91. The van der Waals surface area contributed by atoms with Gasteiger partial charge in [-0.1, -0.05) is 34.1 Å². The van der Waals surface area contributed by atoms with Crippen LogP contribution in [0.5, 0.6) is 0 Å². The van der Waals surface area contributed by atoms with E-state index in [1.165, 1.54) is 0 Å². The highest BCUT2D eigenvalue weighted by molar-refractivity contribution is 9.10. The lowest BCUT2D eigenvalue weighted by Gasteiger charge is -2.01. The summed E-state index contributed by atoms with van der Waals surface area (Å²) in [6.45, 7) is 4.00. The number of rotatable bonds is 3. The maximum absolute atomic E-state index is 5.86. The van der Waals surface area contributed by atoms with Crippen LogP contribution < -0.4 is 5.73 Å². The minimum absolute atomic E-state index is 0.167. The molecule has 17 heavy (non-hydrogen) atoms. The van der Waals surface area contributed by atoms with Gasteiger partial charge in [0.2, 0.25) is 0 Å². The lowest BCUT2D eigenvalue weighted by atomic mass is 10.1. The number of halogens is 1. The first-order chi connectivity index (χ1) is 8.11. The van der Waals surface area contributed by atoms with Crippen molar-refractivity contribution < 1.29 is 4.52 Å². The summed E-state index contributed by atoms with van der Waals surface area (Å²) in [6.07, 6.45) is 0.788. The Morgan fingerprint density at radius 2 is 2.24 bits per heavy atom. The molecule has 2 aromatic rings. The SMILES string of the molecule is CCC(N)c1noc(-c2cc(Br)ccc2C)n1. The van der Waals surface area contributed by atoms with Crippen molar-refractivity contribution in [3.8, 4) is 11.5 Å². The van der Waals surface area contributed by atoms with Crippen molar-refractivity contribution in [1.82, 2.24) is 10.1 Å². The molecule has 1 unspecified atom stereocenters. The maximum atomic E-state index is 5.86. The fourth-order valence-electron chi connectivity index (χ4n) is 1.50. The average Bonchev–Trinajstić information content (AvgIpc) is 2.80. The third-order valence-electron chi connectivity index (χ3n) is 2.64. The van der Waals surface area contributed by atoms with Crippen molar-refractivity contribution in [2.24, 2.45) is 5.73 Å². The van der Waals surface area contributed by atoms with Gasteiger partial charge in [0.15, 0.2) is 5.82 Å². The van der Waals surface area contributed by atoms with Crippen molar-refractivity contribution in [2.45, 2.75) is 26.3 Å². The van der Waals surface area contributed by atoms with E-state index >= 15 is 0 Å². The van der Waals surface area contributed by atoms with Crippen LogP contribution >= 0.6 is 15.9 Å². The molecule has 5 heteroatoms. The largest absolute Gasteiger partial charge is 0.334 e. The van der Waals surface area contributed by atoms with Gasteiger partial charge in [-0.25, -0.2) is 0 Å². The lowest BCUT2D eigenvalue weighted by Crippen LogP contribution is -2.10. The van der Waals surface area contributed by atoms with E-state index in [-0.39, 0.29) is 6.04 Å². The molecule has 0 spiro atoms. The van der Waals surface area contributed by atoms with Crippen LogP contribution in [-0.2, 0) is 0 Å². The summed E-state index contributed by atoms with van der Waals surface area (Å²) in [7, 11) is 0. The third kappa shape index (κ3) is 2.56. The number of aryl methyl sites for hydroxylation is 1. The van der Waals surface area contributed by atoms with Crippen molar-refractivity contribution in [2.75, 3.05) is 0 Å². The molecule has 4 nitrogen and oxygen atoms in total. The fourth-order valence-corrected chi connectivity index (χ4v) is 1.86. The Bertz CT molecular complexity index is 524. The summed E-state index contributed by atoms with van der Waals surface area (Å²) in [4.78, 5) is 4.33. The van der Waals surface area contributed by atoms with E-state index < -0.39 is 0 Å². The first-order valence-corrected chi connectivity index (χ1v) is 6.26. The van der Waals surface area contributed by atoms with Crippen LogP contribution in [0.4, 0.5) is 0 Å². The molecule has 1 aromatic heterocycles. The topological polar surface area (TPSA) is 64.9 Å². The molecule has 1 heterocycles. The highest BCUT2D eigenvalue weighted by Gasteiger charge is 2.15. The first-order valence-electron chi connectivity index (χ1n) is 5.47. The molecule has 0 saturated heterocycles. The molecule has 1 atom stereocenters. The molecule has 0 bridgehead atoms. The Labute approximate surface area is 108 Å². The molecule has 0 amide bonds. The van der Waals surface area contributed by atoms with Gasteiger partial charge >= 0.3 is 0 Å².